The van der Waals surface area contributed by atoms with Gasteiger partial charge in [-0.1, -0.05) is 50.6 Å². The zero-order valence-corrected chi connectivity index (χ0v) is 13.2. The molecule has 3 N–H and O–H groups in total. The van der Waals surface area contributed by atoms with Gasteiger partial charge in [0.15, 0.2) is 0 Å². The van der Waals surface area contributed by atoms with E-state index in [4.69, 9.17) is 5.73 Å². The Morgan fingerprint density at radius 3 is 2.11 bits per heavy atom. The third kappa shape index (κ3) is 5.21. The number of carbonyl (C=O) groups is 1. The van der Waals surface area contributed by atoms with Crippen molar-refractivity contribution in [3.05, 3.63) is 35.4 Å². The van der Waals surface area contributed by atoms with Gasteiger partial charge in [-0.05, 0) is 24.8 Å². The van der Waals surface area contributed by atoms with Crippen LogP contribution in [-0.4, -0.2) is 11.9 Å². The van der Waals surface area contributed by atoms with Crippen LogP contribution < -0.4 is 11.1 Å². The number of carbonyl (C=O) groups excluding carboxylic acids is 1. The number of amides is 1. The number of nitrogens with one attached hydrogen (secondary N) is 1. The number of aryl methyl sites for hydroxylation is 1. The number of benzene rings is 1. The van der Waals surface area contributed by atoms with Gasteiger partial charge < -0.3 is 11.1 Å². The second-order valence-corrected chi connectivity index (χ2v) is 5.98. The minimum atomic E-state index is -0.495. The van der Waals surface area contributed by atoms with Gasteiger partial charge in [-0.15, -0.1) is 12.4 Å². The van der Waals surface area contributed by atoms with E-state index in [0.717, 1.165) is 5.56 Å². The minimum absolute atomic E-state index is 0. The van der Waals surface area contributed by atoms with Crippen molar-refractivity contribution in [2.45, 2.75) is 46.7 Å². The molecule has 1 rings (SSSR count). The van der Waals surface area contributed by atoms with Crippen LogP contribution in [0.2, 0.25) is 0 Å². The summed E-state index contributed by atoms with van der Waals surface area (Å²) >= 11 is 0. The molecule has 0 aliphatic rings. The summed E-state index contributed by atoms with van der Waals surface area (Å²) in [5.41, 5.74) is 8.01. The minimum Gasteiger partial charge on any atom is -0.348 e. The molecule has 0 aliphatic carbocycles. The van der Waals surface area contributed by atoms with Crippen molar-refractivity contribution >= 4 is 18.3 Å². The fraction of sp³-hybridized carbons (Fsp3) is 0.533. The Hall–Kier alpha value is -1.06. The van der Waals surface area contributed by atoms with E-state index in [1.165, 1.54) is 5.56 Å². The summed E-state index contributed by atoms with van der Waals surface area (Å²) < 4.78 is 0. The van der Waals surface area contributed by atoms with Gasteiger partial charge in [0.1, 0.15) is 0 Å². The first-order valence-electron chi connectivity index (χ1n) is 6.34. The van der Waals surface area contributed by atoms with E-state index < -0.39 is 6.04 Å². The van der Waals surface area contributed by atoms with Gasteiger partial charge in [-0.2, -0.15) is 0 Å². The van der Waals surface area contributed by atoms with E-state index in [2.05, 4.69) is 5.32 Å². The zero-order valence-electron chi connectivity index (χ0n) is 12.4. The first-order chi connectivity index (χ1) is 8.21. The zero-order chi connectivity index (χ0) is 13.9. The fourth-order valence-corrected chi connectivity index (χ4v) is 1.63. The predicted octanol–water partition coefficient (Wildman–Crippen LogP) is 2.97. The molecule has 1 unspecified atom stereocenters. The van der Waals surface area contributed by atoms with Crippen LogP contribution in [0.25, 0.3) is 0 Å². The highest BCUT2D eigenvalue weighted by molar-refractivity contribution is 5.85. The van der Waals surface area contributed by atoms with Crippen molar-refractivity contribution in [3.63, 3.8) is 0 Å². The van der Waals surface area contributed by atoms with Crippen molar-refractivity contribution in [2.24, 2.45) is 11.1 Å². The maximum Gasteiger partial charge on any atom is 0.237 e. The number of halogens is 1. The highest BCUT2D eigenvalue weighted by atomic mass is 35.5. The van der Waals surface area contributed by atoms with Crippen LogP contribution in [0.3, 0.4) is 0 Å². The van der Waals surface area contributed by atoms with E-state index in [9.17, 15) is 4.79 Å². The Bertz CT molecular complexity index is 409. The Morgan fingerprint density at radius 2 is 1.68 bits per heavy atom. The lowest BCUT2D eigenvalue weighted by molar-refractivity contribution is -0.125. The van der Waals surface area contributed by atoms with E-state index in [1.807, 2.05) is 58.9 Å². The third-order valence-electron chi connectivity index (χ3n) is 3.15. The average molecular weight is 285 g/mol. The first kappa shape index (κ1) is 17.9. The number of hydrogen-bond acceptors (Lipinski definition) is 2. The van der Waals surface area contributed by atoms with Crippen LogP contribution in [0.5, 0.6) is 0 Å². The predicted molar refractivity (Wildman–Crippen MR) is 82.4 cm³/mol. The lowest BCUT2D eigenvalue weighted by atomic mass is 9.86. The molecule has 108 valence electrons. The van der Waals surface area contributed by atoms with Crippen LogP contribution in [0.15, 0.2) is 24.3 Å². The van der Waals surface area contributed by atoms with E-state index in [-0.39, 0.29) is 29.8 Å². The third-order valence-corrected chi connectivity index (χ3v) is 3.15. The molecule has 0 saturated heterocycles. The quantitative estimate of drug-likeness (QED) is 0.896. The van der Waals surface area contributed by atoms with Gasteiger partial charge in [-0.25, -0.2) is 0 Å². The Balaban J connectivity index is 0.00000324. The molecule has 1 aromatic rings. The number of hydrogen-bond donors (Lipinski definition) is 2. The van der Waals surface area contributed by atoms with Crippen molar-refractivity contribution in [1.29, 1.82) is 0 Å². The lowest BCUT2D eigenvalue weighted by Crippen LogP contribution is -2.49. The molecule has 1 aromatic carbocycles. The Kier molecular flexibility index (Phi) is 6.53. The van der Waals surface area contributed by atoms with Crippen molar-refractivity contribution in [1.82, 2.24) is 5.32 Å². The molecule has 3 nitrogen and oxygen atoms in total. The van der Waals surface area contributed by atoms with Gasteiger partial charge in [0, 0.05) is 0 Å². The molecule has 0 aliphatic heterocycles. The molecule has 0 saturated carbocycles. The second kappa shape index (κ2) is 6.92. The summed E-state index contributed by atoms with van der Waals surface area (Å²) in [6.07, 6.45) is 0. The van der Waals surface area contributed by atoms with E-state index >= 15 is 0 Å². The molecule has 19 heavy (non-hydrogen) atoms. The molecule has 2 atom stereocenters. The maximum absolute atomic E-state index is 12.0. The molecule has 0 bridgehead atoms. The molecule has 4 heteroatoms. The van der Waals surface area contributed by atoms with Crippen LogP contribution in [0.1, 0.15) is 44.9 Å². The summed E-state index contributed by atoms with van der Waals surface area (Å²) in [6, 6.07) is 7.63. The standard InChI is InChI=1S/C15H24N2O.ClH/c1-10-6-8-12(9-7-10)11(2)17-14(18)13(16)15(3,4)5;/h6-9,11,13H,16H2,1-5H3,(H,17,18);1H/t11?,13-;/m1./s1. The highest BCUT2D eigenvalue weighted by Gasteiger charge is 2.28. The maximum atomic E-state index is 12.0. The summed E-state index contributed by atoms with van der Waals surface area (Å²) in [7, 11) is 0. The lowest BCUT2D eigenvalue weighted by Gasteiger charge is -2.27. The van der Waals surface area contributed by atoms with Crippen molar-refractivity contribution in [2.75, 3.05) is 0 Å². The van der Waals surface area contributed by atoms with Crippen molar-refractivity contribution in [3.8, 4) is 0 Å². The summed E-state index contributed by atoms with van der Waals surface area (Å²) in [6.45, 7) is 9.91. The largest absolute Gasteiger partial charge is 0.348 e. The summed E-state index contributed by atoms with van der Waals surface area (Å²) in [5.74, 6) is -0.101. The summed E-state index contributed by atoms with van der Waals surface area (Å²) in [4.78, 5) is 12.0. The smallest absolute Gasteiger partial charge is 0.237 e. The molecule has 0 radical (unpaired) electrons. The van der Waals surface area contributed by atoms with Gasteiger partial charge >= 0.3 is 0 Å². The Labute approximate surface area is 122 Å². The van der Waals surface area contributed by atoms with Crippen LogP contribution in [0, 0.1) is 12.3 Å². The topological polar surface area (TPSA) is 55.1 Å². The first-order valence-corrected chi connectivity index (χ1v) is 6.34. The number of rotatable bonds is 3. The molecule has 0 heterocycles. The van der Waals surface area contributed by atoms with Gasteiger partial charge in [0.2, 0.25) is 5.91 Å². The molecule has 0 spiro atoms. The van der Waals surface area contributed by atoms with Crippen LogP contribution in [0.4, 0.5) is 0 Å². The van der Waals surface area contributed by atoms with Crippen molar-refractivity contribution < 1.29 is 4.79 Å². The van der Waals surface area contributed by atoms with E-state index in [0.29, 0.717) is 0 Å². The van der Waals surface area contributed by atoms with Crippen LogP contribution in [-0.2, 0) is 4.79 Å². The van der Waals surface area contributed by atoms with Gasteiger partial charge in [0.05, 0.1) is 12.1 Å². The van der Waals surface area contributed by atoms with Gasteiger partial charge in [-0.3, -0.25) is 4.79 Å². The Morgan fingerprint density at radius 1 is 1.21 bits per heavy atom. The fourth-order valence-electron chi connectivity index (χ4n) is 1.63. The SMILES string of the molecule is Cc1ccc(C(C)NC(=O)[C@@H](N)C(C)(C)C)cc1.Cl. The number of nitrogens with two attached hydrogens (primary N) is 1. The second-order valence-electron chi connectivity index (χ2n) is 5.98. The molecule has 0 fully saturated rings. The normalized spacial score (nSPS) is 14.2. The molecule has 1 amide bonds. The molecule has 0 aromatic heterocycles. The summed E-state index contributed by atoms with van der Waals surface area (Å²) in [5, 5.41) is 2.96. The van der Waals surface area contributed by atoms with E-state index in [1.54, 1.807) is 0 Å². The monoisotopic (exact) mass is 284 g/mol. The molecular formula is C15H25ClN2O. The molecular weight excluding hydrogens is 260 g/mol. The average Bonchev–Trinajstić information content (AvgIpc) is 2.27. The van der Waals surface area contributed by atoms with Gasteiger partial charge in [0.25, 0.3) is 0 Å². The highest BCUT2D eigenvalue weighted by Crippen LogP contribution is 2.19. The van der Waals surface area contributed by atoms with Crippen LogP contribution >= 0.6 is 12.4 Å².